The molecule has 5 nitrogen and oxygen atoms in total. The Morgan fingerprint density at radius 2 is 2.08 bits per heavy atom. The number of nitrogens with one attached hydrogen (secondary N) is 1. The number of anilines is 3. The highest BCUT2D eigenvalue weighted by Gasteiger charge is 2.22. The zero-order valence-corrected chi connectivity index (χ0v) is 14.8. The molecule has 0 aliphatic carbocycles. The lowest BCUT2D eigenvalue weighted by Crippen LogP contribution is -2.38. The Bertz CT molecular complexity index is 760. The van der Waals surface area contributed by atoms with Crippen molar-refractivity contribution in [3.05, 3.63) is 48.0 Å². The summed E-state index contributed by atoms with van der Waals surface area (Å²) in [7, 11) is 1.59. The molecule has 0 bridgehead atoms. The van der Waals surface area contributed by atoms with Gasteiger partial charge in [-0.15, -0.1) is 0 Å². The maximum Gasteiger partial charge on any atom is 0.255 e. The van der Waals surface area contributed by atoms with Gasteiger partial charge in [0, 0.05) is 23.8 Å². The summed E-state index contributed by atoms with van der Waals surface area (Å²) in [6.45, 7) is 3.22. The standard InChI is InChI=1S/C20H25N3O2/c1-14-6-3-4-11-23(14)19-10-9-16(21)13-18(19)22-20(24)15-7-5-8-17(12-15)25-2/h5,7-10,12-14H,3-4,6,11,21H2,1-2H3,(H,22,24)/t14-/m0/s1. The van der Waals surface area contributed by atoms with E-state index >= 15 is 0 Å². The first-order chi connectivity index (χ1) is 12.1. The van der Waals surface area contributed by atoms with E-state index in [9.17, 15) is 4.79 Å². The van der Waals surface area contributed by atoms with Gasteiger partial charge in [-0.2, -0.15) is 0 Å². The Hall–Kier alpha value is -2.69. The monoisotopic (exact) mass is 339 g/mol. The van der Waals surface area contributed by atoms with E-state index in [0.29, 0.717) is 23.0 Å². The number of hydrogen-bond donors (Lipinski definition) is 2. The molecular weight excluding hydrogens is 314 g/mol. The second-order valence-electron chi connectivity index (χ2n) is 6.50. The van der Waals surface area contributed by atoms with Crippen molar-refractivity contribution >= 4 is 23.0 Å². The van der Waals surface area contributed by atoms with Crippen molar-refractivity contribution in [1.29, 1.82) is 0 Å². The molecule has 0 saturated carbocycles. The van der Waals surface area contributed by atoms with Crippen molar-refractivity contribution < 1.29 is 9.53 Å². The van der Waals surface area contributed by atoms with Gasteiger partial charge in [-0.25, -0.2) is 0 Å². The number of nitrogen functional groups attached to an aromatic ring is 1. The first-order valence-electron chi connectivity index (χ1n) is 8.70. The van der Waals surface area contributed by atoms with Crippen molar-refractivity contribution in [3.63, 3.8) is 0 Å². The zero-order valence-electron chi connectivity index (χ0n) is 14.8. The summed E-state index contributed by atoms with van der Waals surface area (Å²) in [5, 5.41) is 3.02. The number of rotatable bonds is 4. The maximum atomic E-state index is 12.7. The Morgan fingerprint density at radius 3 is 2.84 bits per heavy atom. The minimum absolute atomic E-state index is 0.171. The van der Waals surface area contributed by atoms with E-state index in [4.69, 9.17) is 10.5 Å². The van der Waals surface area contributed by atoms with Gasteiger partial charge >= 0.3 is 0 Å². The van der Waals surface area contributed by atoms with Crippen LogP contribution in [0.15, 0.2) is 42.5 Å². The number of ether oxygens (including phenoxy) is 1. The maximum absolute atomic E-state index is 12.7. The quantitative estimate of drug-likeness (QED) is 0.829. The average Bonchev–Trinajstić information content (AvgIpc) is 2.63. The van der Waals surface area contributed by atoms with E-state index < -0.39 is 0 Å². The van der Waals surface area contributed by atoms with Gasteiger partial charge in [0.15, 0.2) is 0 Å². The van der Waals surface area contributed by atoms with Crippen molar-refractivity contribution in [1.82, 2.24) is 0 Å². The fraction of sp³-hybridized carbons (Fsp3) is 0.350. The van der Waals surface area contributed by atoms with E-state index in [0.717, 1.165) is 30.8 Å². The van der Waals surface area contributed by atoms with Gasteiger partial charge in [-0.05, 0) is 62.6 Å². The lowest BCUT2D eigenvalue weighted by molar-refractivity contribution is 0.102. The molecule has 1 atom stereocenters. The van der Waals surface area contributed by atoms with Crippen LogP contribution in [0.3, 0.4) is 0 Å². The molecule has 2 aromatic carbocycles. The zero-order chi connectivity index (χ0) is 17.8. The summed E-state index contributed by atoms with van der Waals surface area (Å²) < 4.78 is 5.20. The molecule has 0 radical (unpaired) electrons. The molecule has 2 aromatic rings. The molecule has 1 amide bonds. The third kappa shape index (κ3) is 3.87. The fourth-order valence-corrected chi connectivity index (χ4v) is 3.32. The molecule has 1 saturated heterocycles. The first kappa shape index (κ1) is 17.1. The van der Waals surface area contributed by atoms with Crippen molar-refractivity contribution in [3.8, 4) is 5.75 Å². The third-order valence-electron chi connectivity index (χ3n) is 4.71. The largest absolute Gasteiger partial charge is 0.497 e. The minimum atomic E-state index is -0.171. The topological polar surface area (TPSA) is 67.6 Å². The van der Waals surface area contributed by atoms with Crippen molar-refractivity contribution in [2.24, 2.45) is 0 Å². The first-order valence-corrected chi connectivity index (χ1v) is 8.70. The van der Waals surface area contributed by atoms with E-state index in [1.165, 1.54) is 6.42 Å². The summed E-state index contributed by atoms with van der Waals surface area (Å²) in [5.41, 5.74) is 8.93. The van der Waals surface area contributed by atoms with Gasteiger partial charge in [-0.1, -0.05) is 6.07 Å². The van der Waals surface area contributed by atoms with E-state index in [2.05, 4.69) is 17.1 Å². The van der Waals surface area contributed by atoms with Gasteiger partial charge < -0.3 is 20.7 Å². The highest BCUT2D eigenvalue weighted by atomic mass is 16.5. The molecule has 1 heterocycles. The number of amides is 1. The third-order valence-corrected chi connectivity index (χ3v) is 4.71. The molecule has 3 rings (SSSR count). The second-order valence-corrected chi connectivity index (χ2v) is 6.50. The molecule has 0 spiro atoms. The van der Waals surface area contributed by atoms with Crippen LogP contribution in [-0.4, -0.2) is 25.6 Å². The number of carbonyl (C=O) groups excluding carboxylic acids is 1. The van der Waals surface area contributed by atoms with Crippen molar-refractivity contribution in [2.75, 3.05) is 29.6 Å². The molecule has 132 valence electrons. The van der Waals surface area contributed by atoms with Crippen LogP contribution in [0.2, 0.25) is 0 Å². The normalized spacial score (nSPS) is 17.2. The van der Waals surface area contributed by atoms with Crippen molar-refractivity contribution in [2.45, 2.75) is 32.2 Å². The number of carbonyl (C=O) groups is 1. The van der Waals surface area contributed by atoms with Crippen LogP contribution in [0, 0.1) is 0 Å². The molecule has 0 unspecified atom stereocenters. The number of nitrogens with two attached hydrogens (primary N) is 1. The Balaban J connectivity index is 1.88. The van der Waals surface area contributed by atoms with Gasteiger partial charge in [0.25, 0.3) is 5.91 Å². The van der Waals surface area contributed by atoms with Crippen LogP contribution in [-0.2, 0) is 0 Å². The highest BCUT2D eigenvalue weighted by molar-refractivity contribution is 6.06. The average molecular weight is 339 g/mol. The van der Waals surface area contributed by atoms with Gasteiger partial charge in [0.1, 0.15) is 5.75 Å². The number of hydrogen-bond acceptors (Lipinski definition) is 4. The van der Waals surface area contributed by atoms with Crippen LogP contribution >= 0.6 is 0 Å². The van der Waals surface area contributed by atoms with Crippen LogP contribution in [0.25, 0.3) is 0 Å². The molecule has 0 aromatic heterocycles. The summed E-state index contributed by atoms with van der Waals surface area (Å²) in [6, 6.07) is 13.3. The number of methoxy groups -OCH3 is 1. The van der Waals surface area contributed by atoms with Crippen LogP contribution in [0.4, 0.5) is 17.1 Å². The molecule has 1 fully saturated rings. The van der Waals surface area contributed by atoms with E-state index in [1.54, 1.807) is 25.3 Å². The minimum Gasteiger partial charge on any atom is -0.497 e. The lowest BCUT2D eigenvalue weighted by Gasteiger charge is -2.36. The number of benzene rings is 2. The molecule has 3 N–H and O–H groups in total. The Kier molecular flexibility index (Phi) is 5.12. The van der Waals surface area contributed by atoms with Gasteiger partial charge in [0.2, 0.25) is 0 Å². The summed E-state index contributed by atoms with van der Waals surface area (Å²) >= 11 is 0. The molecule has 5 heteroatoms. The summed E-state index contributed by atoms with van der Waals surface area (Å²) in [5.74, 6) is 0.487. The van der Waals surface area contributed by atoms with E-state index in [1.807, 2.05) is 24.3 Å². The number of nitrogens with zero attached hydrogens (tertiary/aromatic N) is 1. The van der Waals surface area contributed by atoms with Crippen LogP contribution in [0.5, 0.6) is 5.75 Å². The predicted molar refractivity (Wildman–Crippen MR) is 102 cm³/mol. The smallest absolute Gasteiger partial charge is 0.255 e. The summed E-state index contributed by atoms with van der Waals surface area (Å²) in [4.78, 5) is 15.0. The fourth-order valence-electron chi connectivity index (χ4n) is 3.32. The number of piperidine rings is 1. The van der Waals surface area contributed by atoms with E-state index in [-0.39, 0.29) is 5.91 Å². The molecule has 25 heavy (non-hydrogen) atoms. The molecular formula is C20H25N3O2. The predicted octanol–water partition coefficient (Wildman–Crippen LogP) is 3.91. The Labute approximate surface area is 148 Å². The molecule has 1 aliphatic rings. The second kappa shape index (κ2) is 7.47. The van der Waals surface area contributed by atoms with Crippen LogP contribution in [0.1, 0.15) is 36.5 Å². The highest BCUT2D eigenvalue weighted by Crippen LogP contribution is 2.33. The molecule has 1 aliphatic heterocycles. The summed E-state index contributed by atoms with van der Waals surface area (Å²) in [6.07, 6.45) is 3.57. The van der Waals surface area contributed by atoms with Crippen LogP contribution < -0.4 is 20.7 Å². The van der Waals surface area contributed by atoms with Gasteiger partial charge in [-0.3, -0.25) is 4.79 Å². The lowest BCUT2D eigenvalue weighted by atomic mass is 10.0. The van der Waals surface area contributed by atoms with Gasteiger partial charge in [0.05, 0.1) is 18.5 Å². The Morgan fingerprint density at radius 1 is 1.24 bits per heavy atom. The SMILES string of the molecule is COc1cccc(C(=O)Nc2cc(N)ccc2N2CCCC[C@@H]2C)c1.